The molecule has 0 atom stereocenters. The number of hydrogen-bond acceptors (Lipinski definition) is 5. The Kier molecular flexibility index (Phi) is 3.26. The summed E-state index contributed by atoms with van der Waals surface area (Å²) in [6.45, 7) is 1.99. The number of aromatic amines is 2. The Hall–Kier alpha value is -1.08. The van der Waals surface area contributed by atoms with Crippen molar-refractivity contribution in [2.45, 2.75) is 6.92 Å². The van der Waals surface area contributed by atoms with Crippen molar-refractivity contribution in [3.63, 3.8) is 0 Å². The van der Waals surface area contributed by atoms with Gasteiger partial charge in [-0.15, -0.1) is 0 Å². The molecule has 0 aliphatic rings. The summed E-state index contributed by atoms with van der Waals surface area (Å²) in [4.78, 5) is 13.7. The van der Waals surface area contributed by atoms with Crippen LogP contribution in [0.1, 0.15) is 17.4 Å². The lowest BCUT2D eigenvalue weighted by Crippen LogP contribution is -2.10. The fourth-order valence-corrected chi connectivity index (χ4v) is 1.13. The fraction of sp³-hybridized carbons (Fsp3) is 0.333. The molecule has 1 heterocycles. The van der Waals surface area contributed by atoms with Gasteiger partial charge in [0.25, 0.3) is 0 Å². The molecule has 0 saturated heterocycles. The van der Waals surface area contributed by atoms with Gasteiger partial charge in [-0.1, -0.05) is 12.2 Å². The highest BCUT2D eigenvalue weighted by Crippen LogP contribution is 1.96. The van der Waals surface area contributed by atoms with E-state index in [9.17, 15) is 4.79 Å². The monoisotopic (exact) mass is 217 g/mol. The second-order valence-corrected chi connectivity index (χ2v) is 2.89. The molecule has 0 bridgehead atoms. The number of H-pyrrole nitrogens is 2. The number of ether oxygens (including phenoxy) is 1. The third-order valence-electron chi connectivity index (χ3n) is 1.18. The Morgan fingerprint density at radius 2 is 2.31 bits per heavy atom. The summed E-state index contributed by atoms with van der Waals surface area (Å²) in [6, 6.07) is 0. The SMILES string of the molecule is CCOC(=O)c1n[nH]c(=S)[nH]c1=S. The summed E-state index contributed by atoms with van der Waals surface area (Å²) >= 11 is 9.54. The predicted molar refractivity (Wildman–Crippen MR) is 50.6 cm³/mol. The second-order valence-electron chi connectivity index (χ2n) is 2.08. The first-order valence-electron chi connectivity index (χ1n) is 3.51. The highest BCUT2D eigenvalue weighted by molar-refractivity contribution is 7.72. The first kappa shape index (κ1) is 10.0. The fourth-order valence-electron chi connectivity index (χ4n) is 0.686. The molecular formula is C6H7N3O2S2. The van der Waals surface area contributed by atoms with E-state index in [4.69, 9.17) is 29.2 Å². The van der Waals surface area contributed by atoms with Gasteiger partial charge in [0.2, 0.25) is 5.69 Å². The van der Waals surface area contributed by atoms with Crippen LogP contribution < -0.4 is 0 Å². The highest BCUT2D eigenvalue weighted by atomic mass is 32.1. The van der Waals surface area contributed by atoms with Crippen LogP contribution in [0.5, 0.6) is 0 Å². The van der Waals surface area contributed by atoms with Gasteiger partial charge in [0.15, 0.2) is 4.77 Å². The van der Waals surface area contributed by atoms with Crippen molar-refractivity contribution in [3.8, 4) is 0 Å². The van der Waals surface area contributed by atoms with Crippen LogP contribution in [-0.2, 0) is 4.74 Å². The van der Waals surface area contributed by atoms with Gasteiger partial charge in [-0.3, -0.25) is 5.10 Å². The van der Waals surface area contributed by atoms with Crippen LogP contribution >= 0.6 is 24.4 Å². The molecule has 0 aliphatic heterocycles. The second kappa shape index (κ2) is 4.24. The standard InChI is InChI=1S/C6H7N3O2S2/c1-2-11-5(10)3-4(12)7-6(13)9-8-3/h2H2,1H3,(H2,7,9,12,13). The number of esters is 1. The summed E-state index contributed by atoms with van der Waals surface area (Å²) in [6.07, 6.45) is 0. The number of carbonyl (C=O) groups is 1. The van der Waals surface area contributed by atoms with Crippen molar-refractivity contribution in [2.75, 3.05) is 6.61 Å². The van der Waals surface area contributed by atoms with Crippen LogP contribution in [0.3, 0.4) is 0 Å². The molecule has 0 amide bonds. The van der Waals surface area contributed by atoms with Gasteiger partial charge in [-0.05, 0) is 19.1 Å². The van der Waals surface area contributed by atoms with Crippen LogP contribution in [0.4, 0.5) is 0 Å². The Morgan fingerprint density at radius 1 is 1.62 bits per heavy atom. The maximum Gasteiger partial charge on any atom is 0.361 e. The topological polar surface area (TPSA) is 70.8 Å². The Morgan fingerprint density at radius 3 is 2.85 bits per heavy atom. The molecular weight excluding hydrogens is 210 g/mol. The molecule has 5 nitrogen and oxygen atoms in total. The first-order chi connectivity index (χ1) is 6.15. The minimum Gasteiger partial charge on any atom is -0.461 e. The van der Waals surface area contributed by atoms with Crippen LogP contribution in [0.25, 0.3) is 0 Å². The van der Waals surface area contributed by atoms with E-state index >= 15 is 0 Å². The maximum atomic E-state index is 11.2. The van der Waals surface area contributed by atoms with Gasteiger partial charge in [-0.2, -0.15) is 5.10 Å². The van der Waals surface area contributed by atoms with Gasteiger partial charge in [-0.25, -0.2) is 4.79 Å². The van der Waals surface area contributed by atoms with Crippen LogP contribution in [0, 0.1) is 9.41 Å². The van der Waals surface area contributed by atoms with E-state index in [0.717, 1.165) is 0 Å². The van der Waals surface area contributed by atoms with Crippen molar-refractivity contribution in [1.29, 1.82) is 0 Å². The molecule has 0 unspecified atom stereocenters. The van der Waals surface area contributed by atoms with Gasteiger partial charge < -0.3 is 9.72 Å². The molecule has 0 radical (unpaired) electrons. The lowest BCUT2D eigenvalue weighted by Gasteiger charge is -1.99. The largest absolute Gasteiger partial charge is 0.461 e. The molecule has 70 valence electrons. The lowest BCUT2D eigenvalue weighted by molar-refractivity contribution is 0.0516. The van der Waals surface area contributed by atoms with Crippen molar-refractivity contribution in [3.05, 3.63) is 15.1 Å². The zero-order valence-corrected chi connectivity index (χ0v) is 8.42. The van der Waals surface area contributed by atoms with E-state index in [2.05, 4.69) is 15.2 Å². The van der Waals surface area contributed by atoms with Gasteiger partial charge in [0.1, 0.15) is 4.64 Å². The van der Waals surface area contributed by atoms with Crippen molar-refractivity contribution < 1.29 is 9.53 Å². The van der Waals surface area contributed by atoms with Crippen molar-refractivity contribution in [1.82, 2.24) is 15.2 Å². The Bertz CT molecular complexity index is 422. The average molecular weight is 217 g/mol. The van der Waals surface area contributed by atoms with Gasteiger partial charge in [0, 0.05) is 0 Å². The summed E-state index contributed by atoms with van der Waals surface area (Å²) in [5.41, 5.74) is 0.0467. The molecule has 7 heteroatoms. The molecule has 0 aromatic carbocycles. The van der Waals surface area contributed by atoms with E-state index in [-0.39, 0.29) is 21.7 Å². The molecule has 2 N–H and O–H groups in total. The lowest BCUT2D eigenvalue weighted by atomic mass is 10.5. The maximum absolute atomic E-state index is 11.2. The van der Waals surface area contributed by atoms with Gasteiger partial charge in [0.05, 0.1) is 6.61 Å². The molecule has 1 aromatic rings. The summed E-state index contributed by atoms with van der Waals surface area (Å²) in [5, 5.41) is 6.08. The van der Waals surface area contributed by atoms with Crippen LogP contribution in [0.2, 0.25) is 0 Å². The summed E-state index contributed by atoms with van der Waals surface area (Å²) in [7, 11) is 0. The number of hydrogen-bond donors (Lipinski definition) is 2. The average Bonchev–Trinajstić information content (AvgIpc) is 2.04. The third-order valence-corrected chi connectivity index (χ3v) is 1.67. The minimum absolute atomic E-state index is 0.0467. The Balaban J connectivity index is 3.09. The molecule has 0 fully saturated rings. The van der Waals surface area contributed by atoms with Crippen LogP contribution in [-0.4, -0.2) is 27.8 Å². The Labute approximate surface area is 84.1 Å². The summed E-state index contributed by atoms with van der Waals surface area (Å²) in [5.74, 6) is -0.560. The molecule has 13 heavy (non-hydrogen) atoms. The first-order valence-corrected chi connectivity index (χ1v) is 4.33. The van der Waals surface area contributed by atoms with Crippen LogP contribution in [0.15, 0.2) is 0 Å². The number of carbonyl (C=O) groups excluding carboxylic acids is 1. The van der Waals surface area contributed by atoms with Gasteiger partial charge >= 0.3 is 5.97 Å². The normalized spacial score (nSPS) is 9.62. The van der Waals surface area contributed by atoms with E-state index in [0.29, 0.717) is 0 Å². The zero-order valence-electron chi connectivity index (χ0n) is 6.79. The highest BCUT2D eigenvalue weighted by Gasteiger charge is 2.10. The molecule has 0 saturated carbocycles. The van der Waals surface area contributed by atoms with Crippen molar-refractivity contribution >= 4 is 30.4 Å². The molecule has 0 spiro atoms. The minimum atomic E-state index is -0.560. The summed E-state index contributed by atoms with van der Waals surface area (Å²) < 4.78 is 5.17. The van der Waals surface area contributed by atoms with E-state index in [1.54, 1.807) is 6.92 Å². The zero-order chi connectivity index (χ0) is 9.84. The number of nitrogens with one attached hydrogen (secondary N) is 2. The molecule has 0 aliphatic carbocycles. The van der Waals surface area contributed by atoms with E-state index in [1.807, 2.05) is 0 Å². The van der Waals surface area contributed by atoms with E-state index in [1.165, 1.54) is 0 Å². The van der Waals surface area contributed by atoms with E-state index < -0.39 is 5.97 Å². The smallest absolute Gasteiger partial charge is 0.361 e. The number of rotatable bonds is 2. The van der Waals surface area contributed by atoms with Crippen molar-refractivity contribution in [2.24, 2.45) is 0 Å². The number of nitrogens with zero attached hydrogens (tertiary/aromatic N) is 1. The molecule has 1 aromatic heterocycles. The third kappa shape index (κ3) is 2.43. The number of aromatic nitrogens is 3. The quantitative estimate of drug-likeness (QED) is 0.578. The predicted octanol–water partition coefficient (Wildman–Crippen LogP) is 1.37. The molecule has 1 rings (SSSR count).